The van der Waals surface area contributed by atoms with Gasteiger partial charge in [-0.1, -0.05) is 18.2 Å². The molecule has 3 rings (SSSR count). The summed E-state index contributed by atoms with van der Waals surface area (Å²) in [6, 6.07) is 6.93. The number of amides is 3. The SMILES string of the molecule is O=C(CCCC1CCN(C(=O)[C@H](CO)NC(=O)Cc2csc3ccccc23)CC1)NO. The number of hydroxylamine groups is 1. The minimum absolute atomic E-state index is 0.164. The third-order valence-corrected chi connectivity index (χ3v) is 6.81. The van der Waals surface area contributed by atoms with Crippen molar-refractivity contribution in [1.29, 1.82) is 0 Å². The van der Waals surface area contributed by atoms with Crippen molar-refractivity contribution in [2.75, 3.05) is 19.7 Å². The lowest BCUT2D eigenvalue weighted by Gasteiger charge is -2.34. The molecule has 1 saturated heterocycles. The molecular weight excluding hydrogens is 418 g/mol. The molecule has 0 spiro atoms. The maximum absolute atomic E-state index is 12.8. The Balaban J connectivity index is 1.46. The lowest BCUT2D eigenvalue weighted by Crippen LogP contribution is -2.52. The van der Waals surface area contributed by atoms with Crippen molar-refractivity contribution >= 4 is 39.1 Å². The molecule has 31 heavy (non-hydrogen) atoms. The van der Waals surface area contributed by atoms with Gasteiger partial charge in [-0.3, -0.25) is 19.6 Å². The molecule has 1 atom stereocenters. The van der Waals surface area contributed by atoms with Crippen molar-refractivity contribution in [1.82, 2.24) is 15.7 Å². The zero-order chi connectivity index (χ0) is 22.2. The average molecular weight is 448 g/mol. The Morgan fingerprint density at radius 3 is 2.61 bits per heavy atom. The van der Waals surface area contributed by atoms with Crippen LogP contribution in [0, 0.1) is 5.92 Å². The van der Waals surface area contributed by atoms with Crippen molar-refractivity contribution in [2.24, 2.45) is 5.92 Å². The quantitative estimate of drug-likeness (QED) is 0.345. The van der Waals surface area contributed by atoms with E-state index in [0.717, 1.165) is 34.9 Å². The van der Waals surface area contributed by atoms with Gasteiger partial charge < -0.3 is 15.3 Å². The highest BCUT2D eigenvalue weighted by atomic mass is 32.1. The third kappa shape index (κ3) is 6.25. The number of nitrogens with zero attached hydrogens (tertiary/aromatic N) is 1. The molecular formula is C22H29N3O5S. The molecule has 2 aromatic rings. The largest absolute Gasteiger partial charge is 0.394 e. The van der Waals surface area contributed by atoms with E-state index in [1.807, 2.05) is 29.6 Å². The third-order valence-electron chi connectivity index (χ3n) is 5.80. The predicted octanol–water partition coefficient (Wildman–Crippen LogP) is 1.84. The maximum Gasteiger partial charge on any atom is 0.247 e. The van der Waals surface area contributed by atoms with Crippen LogP contribution in [0.3, 0.4) is 0 Å². The number of carbonyl (C=O) groups is 3. The number of thiophene rings is 1. The Bertz CT molecular complexity index is 907. The monoisotopic (exact) mass is 447 g/mol. The Hall–Kier alpha value is -2.49. The predicted molar refractivity (Wildman–Crippen MR) is 118 cm³/mol. The molecule has 0 radical (unpaired) electrons. The standard InChI is InChI=1S/C22H29N3O5S/c26-13-18(23-21(28)12-16-14-31-19-6-2-1-5-17(16)19)22(29)25-10-8-15(9-11-25)4-3-7-20(27)24-30/h1-2,5-6,14-15,18,26,30H,3-4,7-13H2,(H,23,28)(H,24,27)/t18-/m0/s1. The van der Waals surface area contributed by atoms with Gasteiger partial charge in [-0.15, -0.1) is 11.3 Å². The van der Waals surface area contributed by atoms with E-state index >= 15 is 0 Å². The first-order valence-electron chi connectivity index (χ1n) is 10.6. The van der Waals surface area contributed by atoms with Gasteiger partial charge in [-0.25, -0.2) is 5.48 Å². The highest BCUT2D eigenvalue weighted by molar-refractivity contribution is 7.17. The zero-order valence-corrected chi connectivity index (χ0v) is 18.2. The van der Waals surface area contributed by atoms with Gasteiger partial charge in [0.05, 0.1) is 13.0 Å². The molecule has 0 unspecified atom stereocenters. The lowest BCUT2D eigenvalue weighted by molar-refractivity contribution is -0.138. The number of aliphatic hydroxyl groups excluding tert-OH is 1. The van der Waals surface area contributed by atoms with Gasteiger partial charge in [0.1, 0.15) is 6.04 Å². The first-order valence-corrected chi connectivity index (χ1v) is 11.5. The maximum atomic E-state index is 12.8. The minimum Gasteiger partial charge on any atom is -0.394 e. The number of piperidine rings is 1. The van der Waals surface area contributed by atoms with E-state index in [1.54, 1.807) is 21.7 Å². The summed E-state index contributed by atoms with van der Waals surface area (Å²) in [5, 5.41) is 23.9. The Morgan fingerprint density at radius 2 is 1.90 bits per heavy atom. The van der Waals surface area contributed by atoms with E-state index in [4.69, 9.17) is 5.21 Å². The van der Waals surface area contributed by atoms with E-state index in [0.29, 0.717) is 25.4 Å². The summed E-state index contributed by atoms with van der Waals surface area (Å²) in [6.45, 7) is 0.694. The molecule has 1 fully saturated rings. The van der Waals surface area contributed by atoms with Crippen molar-refractivity contribution in [2.45, 2.75) is 44.6 Å². The van der Waals surface area contributed by atoms with Gasteiger partial charge in [0.25, 0.3) is 0 Å². The normalized spacial score (nSPS) is 15.6. The van der Waals surface area contributed by atoms with Crippen LogP contribution in [-0.4, -0.2) is 58.7 Å². The minimum atomic E-state index is -0.942. The van der Waals surface area contributed by atoms with Crippen LogP contribution in [0.15, 0.2) is 29.6 Å². The average Bonchev–Trinajstić information content (AvgIpc) is 3.20. The molecule has 8 nitrogen and oxygen atoms in total. The smallest absolute Gasteiger partial charge is 0.247 e. The Morgan fingerprint density at radius 1 is 1.16 bits per heavy atom. The molecule has 3 amide bonds. The van der Waals surface area contributed by atoms with E-state index in [2.05, 4.69) is 5.32 Å². The Labute approximate surface area is 185 Å². The summed E-state index contributed by atoms with van der Waals surface area (Å²) in [5.74, 6) is -0.508. The first kappa shape index (κ1) is 23.2. The molecule has 2 heterocycles. The number of hydrogen-bond donors (Lipinski definition) is 4. The fourth-order valence-corrected chi connectivity index (χ4v) is 5.01. The van der Waals surface area contributed by atoms with Crippen LogP contribution >= 0.6 is 11.3 Å². The molecule has 0 saturated carbocycles. The second-order valence-electron chi connectivity index (χ2n) is 7.93. The number of hydrogen-bond acceptors (Lipinski definition) is 6. The van der Waals surface area contributed by atoms with E-state index in [1.165, 1.54) is 0 Å². The zero-order valence-electron chi connectivity index (χ0n) is 17.4. The van der Waals surface area contributed by atoms with Crippen LogP contribution in [0.4, 0.5) is 0 Å². The number of nitrogens with one attached hydrogen (secondary N) is 2. The molecule has 4 N–H and O–H groups in total. The lowest BCUT2D eigenvalue weighted by atomic mass is 9.91. The summed E-state index contributed by atoms with van der Waals surface area (Å²) in [7, 11) is 0. The van der Waals surface area contributed by atoms with Gasteiger partial charge in [-0.05, 0) is 54.0 Å². The van der Waals surface area contributed by atoms with Crippen molar-refractivity contribution in [3.05, 3.63) is 35.2 Å². The second kappa shape index (κ2) is 11.2. The van der Waals surface area contributed by atoms with Crippen LogP contribution in [0.25, 0.3) is 10.1 Å². The van der Waals surface area contributed by atoms with Crippen LogP contribution in [0.2, 0.25) is 0 Å². The van der Waals surface area contributed by atoms with Crippen LogP contribution in [0.1, 0.15) is 37.7 Å². The number of carbonyl (C=O) groups excluding carboxylic acids is 3. The molecule has 0 bridgehead atoms. The molecule has 9 heteroatoms. The van der Waals surface area contributed by atoms with Gasteiger partial charge in [0.15, 0.2) is 0 Å². The first-order chi connectivity index (χ1) is 15.0. The summed E-state index contributed by atoms with van der Waals surface area (Å²) < 4.78 is 1.11. The van der Waals surface area contributed by atoms with Crippen LogP contribution in [0.5, 0.6) is 0 Å². The number of rotatable bonds is 9. The number of aliphatic hydroxyl groups is 1. The van der Waals surface area contributed by atoms with Gasteiger partial charge in [0.2, 0.25) is 17.7 Å². The van der Waals surface area contributed by atoms with Crippen LogP contribution in [-0.2, 0) is 20.8 Å². The summed E-state index contributed by atoms with van der Waals surface area (Å²) in [6.07, 6.45) is 3.64. The highest BCUT2D eigenvalue weighted by Gasteiger charge is 2.29. The van der Waals surface area contributed by atoms with E-state index in [9.17, 15) is 19.5 Å². The molecule has 168 valence electrons. The van der Waals surface area contributed by atoms with Gasteiger partial charge in [0, 0.05) is 24.2 Å². The van der Waals surface area contributed by atoms with Crippen molar-refractivity contribution in [3.8, 4) is 0 Å². The molecule has 1 aromatic heterocycles. The number of benzene rings is 1. The van der Waals surface area contributed by atoms with Gasteiger partial charge in [-0.2, -0.15) is 0 Å². The second-order valence-corrected chi connectivity index (χ2v) is 8.84. The number of likely N-dealkylation sites (tertiary alicyclic amines) is 1. The molecule has 1 aliphatic heterocycles. The fraction of sp³-hybridized carbons (Fsp3) is 0.500. The molecule has 1 aliphatic rings. The topological polar surface area (TPSA) is 119 Å². The molecule has 0 aliphatic carbocycles. The van der Waals surface area contributed by atoms with Crippen molar-refractivity contribution < 1.29 is 24.7 Å². The highest BCUT2D eigenvalue weighted by Crippen LogP contribution is 2.26. The van der Waals surface area contributed by atoms with Gasteiger partial charge >= 0.3 is 0 Å². The summed E-state index contributed by atoms with van der Waals surface area (Å²) >= 11 is 1.58. The molecule has 1 aromatic carbocycles. The van der Waals surface area contributed by atoms with Crippen molar-refractivity contribution in [3.63, 3.8) is 0 Å². The van der Waals surface area contributed by atoms with E-state index < -0.39 is 12.6 Å². The van der Waals surface area contributed by atoms with Crippen LogP contribution < -0.4 is 10.8 Å². The summed E-state index contributed by atoms with van der Waals surface area (Å²) in [4.78, 5) is 38.1. The Kier molecular flexibility index (Phi) is 8.39. The summed E-state index contributed by atoms with van der Waals surface area (Å²) in [5.41, 5.74) is 2.55. The van der Waals surface area contributed by atoms with E-state index in [-0.39, 0.29) is 30.6 Å². The fourth-order valence-electron chi connectivity index (χ4n) is 4.04. The number of fused-ring (bicyclic) bond motifs is 1.